The van der Waals surface area contributed by atoms with Gasteiger partial charge in [-0.05, 0) is 30.3 Å². The average Bonchev–Trinajstić information content (AvgIpc) is 3.33. The summed E-state index contributed by atoms with van der Waals surface area (Å²) in [5.41, 5.74) is 5.41. The standard InChI is InChI=1S/C30H22BrN3O2/c1-35-25-17-22-23(18-26(25)36-2)29(21-15-9-10-16-24(21)31)32-30-27(22)28(19-11-5-3-6-12-19)33-34(30)20-13-7-4-8-14-20/h3-18H,1-2H3. The summed E-state index contributed by atoms with van der Waals surface area (Å²) in [6.07, 6.45) is 0. The number of halogens is 1. The Morgan fingerprint density at radius 3 is 1.97 bits per heavy atom. The molecule has 176 valence electrons. The van der Waals surface area contributed by atoms with Gasteiger partial charge in [0.2, 0.25) is 0 Å². The molecule has 0 aliphatic rings. The van der Waals surface area contributed by atoms with Crippen LogP contribution in [0.15, 0.2) is 102 Å². The molecule has 4 aromatic carbocycles. The second-order valence-electron chi connectivity index (χ2n) is 8.35. The van der Waals surface area contributed by atoms with Gasteiger partial charge >= 0.3 is 0 Å². The SMILES string of the molecule is COc1cc2c(-c3ccccc3Br)nc3c(c(-c4ccccc4)nn3-c3ccccc3)c2cc1OC. The number of fused-ring (bicyclic) bond motifs is 3. The fourth-order valence-corrected chi connectivity index (χ4v) is 5.09. The van der Waals surface area contributed by atoms with Gasteiger partial charge < -0.3 is 9.47 Å². The largest absolute Gasteiger partial charge is 0.493 e. The van der Waals surface area contributed by atoms with Gasteiger partial charge in [0, 0.05) is 26.4 Å². The van der Waals surface area contributed by atoms with Crippen LogP contribution < -0.4 is 9.47 Å². The second kappa shape index (κ2) is 9.13. The van der Waals surface area contributed by atoms with Gasteiger partial charge in [-0.2, -0.15) is 5.10 Å². The molecule has 0 bridgehead atoms. The van der Waals surface area contributed by atoms with E-state index in [4.69, 9.17) is 19.6 Å². The van der Waals surface area contributed by atoms with Crippen molar-refractivity contribution < 1.29 is 9.47 Å². The van der Waals surface area contributed by atoms with Gasteiger partial charge in [-0.3, -0.25) is 0 Å². The topological polar surface area (TPSA) is 49.2 Å². The van der Waals surface area contributed by atoms with E-state index in [9.17, 15) is 0 Å². The van der Waals surface area contributed by atoms with Gasteiger partial charge in [0.05, 0.1) is 31.0 Å². The molecule has 0 spiro atoms. The molecular formula is C30H22BrN3O2. The number of para-hydroxylation sites is 1. The predicted octanol–water partition coefficient (Wildman–Crippen LogP) is 7.69. The van der Waals surface area contributed by atoms with Crippen LogP contribution in [0.3, 0.4) is 0 Å². The fourth-order valence-electron chi connectivity index (χ4n) is 4.61. The zero-order valence-corrected chi connectivity index (χ0v) is 21.4. The summed E-state index contributed by atoms with van der Waals surface area (Å²) in [4.78, 5) is 5.26. The molecule has 6 aromatic rings. The minimum Gasteiger partial charge on any atom is -0.493 e. The molecule has 0 amide bonds. The zero-order valence-electron chi connectivity index (χ0n) is 19.8. The Morgan fingerprint density at radius 2 is 1.31 bits per heavy atom. The van der Waals surface area contributed by atoms with E-state index >= 15 is 0 Å². The summed E-state index contributed by atoms with van der Waals surface area (Å²) in [6.45, 7) is 0. The maximum Gasteiger partial charge on any atom is 0.164 e. The van der Waals surface area contributed by atoms with Gasteiger partial charge in [-0.15, -0.1) is 0 Å². The smallest absolute Gasteiger partial charge is 0.164 e. The third kappa shape index (κ3) is 3.62. The molecule has 0 saturated carbocycles. The number of hydrogen-bond donors (Lipinski definition) is 0. The third-order valence-electron chi connectivity index (χ3n) is 6.30. The molecule has 6 heteroatoms. The summed E-state index contributed by atoms with van der Waals surface area (Å²) in [5.74, 6) is 1.30. The van der Waals surface area contributed by atoms with Crippen molar-refractivity contribution in [2.75, 3.05) is 14.2 Å². The van der Waals surface area contributed by atoms with Crippen LogP contribution in [-0.4, -0.2) is 29.0 Å². The van der Waals surface area contributed by atoms with Crippen molar-refractivity contribution in [3.05, 3.63) is 102 Å². The Kier molecular flexibility index (Phi) is 5.66. The van der Waals surface area contributed by atoms with Crippen molar-refractivity contribution in [2.24, 2.45) is 0 Å². The number of aromatic nitrogens is 3. The van der Waals surface area contributed by atoms with Crippen molar-refractivity contribution in [3.63, 3.8) is 0 Å². The molecule has 0 unspecified atom stereocenters. The summed E-state index contributed by atoms with van der Waals surface area (Å²) in [6, 6.07) is 32.4. The quantitative estimate of drug-likeness (QED) is 0.227. The Labute approximate surface area is 217 Å². The molecule has 2 aromatic heterocycles. The van der Waals surface area contributed by atoms with E-state index < -0.39 is 0 Å². The molecule has 0 saturated heterocycles. The zero-order chi connectivity index (χ0) is 24.6. The molecule has 0 N–H and O–H groups in total. The lowest BCUT2D eigenvalue weighted by atomic mass is 9.98. The summed E-state index contributed by atoms with van der Waals surface area (Å²) in [7, 11) is 3.30. The van der Waals surface area contributed by atoms with Crippen molar-refractivity contribution >= 4 is 37.7 Å². The van der Waals surface area contributed by atoms with Crippen LogP contribution in [0.5, 0.6) is 11.5 Å². The van der Waals surface area contributed by atoms with E-state index in [1.54, 1.807) is 14.2 Å². The van der Waals surface area contributed by atoms with Crippen molar-refractivity contribution in [2.45, 2.75) is 0 Å². The van der Waals surface area contributed by atoms with E-state index in [-0.39, 0.29) is 0 Å². The molecule has 0 fully saturated rings. The summed E-state index contributed by atoms with van der Waals surface area (Å²) in [5, 5.41) is 8.01. The van der Waals surface area contributed by atoms with Crippen LogP contribution in [0.4, 0.5) is 0 Å². The molecule has 0 atom stereocenters. The van der Waals surface area contributed by atoms with Gasteiger partial charge in [0.25, 0.3) is 0 Å². The fraction of sp³-hybridized carbons (Fsp3) is 0.0667. The molecule has 0 aliphatic carbocycles. The van der Waals surface area contributed by atoms with E-state index in [2.05, 4.69) is 34.1 Å². The van der Waals surface area contributed by atoms with Crippen molar-refractivity contribution in [3.8, 4) is 39.7 Å². The first kappa shape index (κ1) is 22.3. The first-order valence-electron chi connectivity index (χ1n) is 11.5. The van der Waals surface area contributed by atoms with Crippen LogP contribution in [0, 0.1) is 0 Å². The van der Waals surface area contributed by atoms with Crippen molar-refractivity contribution in [1.29, 1.82) is 0 Å². The number of ether oxygens (including phenoxy) is 2. The first-order valence-corrected chi connectivity index (χ1v) is 12.3. The highest BCUT2D eigenvalue weighted by molar-refractivity contribution is 9.10. The molecule has 2 heterocycles. The minimum absolute atomic E-state index is 0.649. The van der Waals surface area contributed by atoms with E-state index in [0.717, 1.165) is 54.5 Å². The lowest BCUT2D eigenvalue weighted by molar-refractivity contribution is 0.356. The highest BCUT2D eigenvalue weighted by Gasteiger charge is 2.23. The monoisotopic (exact) mass is 535 g/mol. The Morgan fingerprint density at radius 1 is 0.694 bits per heavy atom. The Hall–Kier alpha value is -4.16. The lowest BCUT2D eigenvalue weighted by Crippen LogP contribution is -1.99. The molecule has 5 nitrogen and oxygen atoms in total. The maximum absolute atomic E-state index is 5.72. The lowest BCUT2D eigenvalue weighted by Gasteiger charge is -2.14. The number of rotatable bonds is 5. The van der Waals surface area contributed by atoms with E-state index in [0.29, 0.717) is 11.5 Å². The Bertz CT molecular complexity index is 1710. The van der Waals surface area contributed by atoms with Gasteiger partial charge in [0.15, 0.2) is 17.1 Å². The van der Waals surface area contributed by atoms with Crippen LogP contribution in [0.1, 0.15) is 0 Å². The molecule has 0 radical (unpaired) electrons. The number of benzene rings is 4. The number of nitrogens with zero attached hydrogens (tertiary/aromatic N) is 3. The highest BCUT2D eigenvalue weighted by Crippen LogP contribution is 2.43. The summed E-state index contributed by atoms with van der Waals surface area (Å²) < 4.78 is 14.3. The van der Waals surface area contributed by atoms with Crippen molar-refractivity contribution in [1.82, 2.24) is 14.8 Å². The summed E-state index contributed by atoms with van der Waals surface area (Å²) >= 11 is 3.73. The van der Waals surface area contributed by atoms with Crippen LogP contribution in [-0.2, 0) is 0 Å². The van der Waals surface area contributed by atoms with Crippen LogP contribution in [0.25, 0.3) is 50.0 Å². The Balaban J connectivity index is 1.83. The minimum atomic E-state index is 0.649. The van der Waals surface area contributed by atoms with Gasteiger partial charge in [-0.1, -0.05) is 82.7 Å². The van der Waals surface area contributed by atoms with Gasteiger partial charge in [0.1, 0.15) is 5.69 Å². The highest BCUT2D eigenvalue weighted by atomic mass is 79.9. The first-order chi connectivity index (χ1) is 17.7. The molecular weight excluding hydrogens is 514 g/mol. The van der Waals surface area contributed by atoms with E-state index in [1.165, 1.54) is 0 Å². The third-order valence-corrected chi connectivity index (χ3v) is 7.00. The van der Waals surface area contributed by atoms with E-state index in [1.807, 2.05) is 83.5 Å². The van der Waals surface area contributed by atoms with Crippen LogP contribution in [0.2, 0.25) is 0 Å². The number of methoxy groups -OCH3 is 2. The predicted molar refractivity (Wildman–Crippen MR) is 148 cm³/mol. The molecule has 36 heavy (non-hydrogen) atoms. The number of hydrogen-bond acceptors (Lipinski definition) is 4. The van der Waals surface area contributed by atoms with Crippen LogP contribution >= 0.6 is 15.9 Å². The average molecular weight is 536 g/mol. The maximum atomic E-state index is 5.72. The normalized spacial score (nSPS) is 11.2. The number of pyridine rings is 1. The van der Waals surface area contributed by atoms with Gasteiger partial charge in [-0.25, -0.2) is 9.67 Å². The second-order valence-corrected chi connectivity index (χ2v) is 9.21. The molecule has 0 aliphatic heterocycles. The molecule has 6 rings (SSSR count).